The lowest BCUT2D eigenvalue weighted by molar-refractivity contribution is 0.977. The molecule has 0 bridgehead atoms. The van der Waals surface area contributed by atoms with E-state index in [1.54, 1.807) is 0 Å². The Morgan fingerprint density at radius 1 is 0.333 bits per heavy atom. The van der Waals surface area contributed by atoms with E-state index in [1.165, 1.54) is 45.0 Å². The summed E-state index contributed by atoms with van der Waals surface area (Å²) >= 11 is 0. The van der Waals surface area contributed by atoms with Crippen LogP contribution in [-0.2, 0) is 25.7 Å². The van der Waals surface area contributed by atoms with Crippen LogP contribution in [0.4, 0.5) is 22.7 Å². The van der Waals surface area contributed by atoms with Crippen molar-refractivity contribution in [3.8, 4) is 0 Å². The van der Waals surface area contributed by atoms with Gasteiger partial charge in [-0.2, -0.15) is 0 Å². The summed E-state index contributed by atoms with van der Waals surface area (Å²) in [6.45, 7) is 0. The fourth-order valence-corrected chi connectivity index (χ4v) is 4.94. The lowest BCUT2D eigenvalue weighted by Crippen LogP contribution is -2.37. The van der Waals surface area contributed by atoms with E-state index < -0.39 is 0 Å². The number of anilines is 4. The minimum absolute atomic E-state index is 1.06. The molecule has 0 N–H and O–H groups in total. The average Bonchev–Trinajstić information content (AvgIpc) is 3.07. The maximum atomic E-state index is 2.46. The summed E-state index contributed by atoms with van der Waals surface area (Å²) in [5.74, 6) is 0. The Labute approximate surface area is 178 Å². The maximum absolute atomic E-state index is 2.46. The highest BCUT2D eigenvalue weighted by Gasteiger charge is 2.30. The summed E-state index contributed by atoms with van der Waals surface area (Å²) in [6, 6.07) is 35.5. The van der Waals surface area contributed by atoms with Crippen LogP contribution < -0.4 is 10.0 Å². The Balaban J connectivity index is 1.68. The van der Waals surface area contributed by atoms with E-state index >= 15 is 0 Å². The van der Waals surface area contributed by atoms with E-state index in [0.29, 0.717) is 0 Å². The highest BCUT2D eigenvalue weighted by molar-refractivity contribution is 5.83. The summed E-state index contributed by atoms with van der Waals surface area (Å²) in [7, 11) is 0. The van der Waals surface area contributed by atoms with Crippen LogP contribution in [-0.4, -0.2) is 0 Å². The number of aryl methyl sites for hydroxylation is 4. The standard InChI is InChI=1S/C28H24N2/c1-5-13-25-21(9-1)17-18-22-10-2-6-14-26(22)29(25)30-27-15-7-3-11-23(27)19-20-24-12-4-8-16-28(24)30/h1-16H,17-20H2. The molecule has 0 atom stereocenters. The van der Waals surface area contributed by atoms with E-state index in [1.807, 2.05) is 0 Å². The third-order valence-corrected chi connectivity index (χ3v) is 6.41. The molecule has 0 amide bonds. The fraction of sp³-hybridized carbons (Fsp3) is 0.143. The van der Waals surface area contributed by atoms with Crippen molar-refractivity contribution in [1.82, 2.24) is 0 Å². The van der Waals surface area contributed by atoms with Gasteiger partial charge in [0.2, 0.25) is 0 Å². The molecule has 2 aliphatic heterocycles. The molecule has 0 saturated heterocycles. The summed E-state index contributed by atoms with van der Waals surface area (Å²) in [5, 5.41) is 4.92. The molecule has 4 aromatic rings. The Bertz CT molecular complexity index is 1030. The van der Waals surface area contributed by atoms with Crippen molar-refractivity contribution in [3.63, 3.8) is 0 Å². The summed E-state index contributed by atoms with van der Waals surface area (Å²) in [4.78, 5) is 0. The highest BCUT2D eigenvalue weighted by Crippen LogP contribution is 2.45. The van der Waals surface area contributed by atoms with E-state index in [9.17, 15) is 0 Å². The van der Waals surface area contributed by atoms with Gasteiger partial charge in [-0.3, -0.25) is 0 Å². The van der Waals surface area contributed by atoms with Gasteiger partial charge >= 0.3 is 0 Å². The second kappa shape index (κ2) is 7.07. The zero-order chi connectivity index (χ0) is 19.9. The highest BCUT2D eigenvalue weighted by atomic mass is 15.6. The number of para-hydroxylation sites is 4. The van der Waals surface area contributed by atoms with Gasteiger partial charge in [-0.05, 0) is 72.2 Å². The van der Waals surface area contributed by atoms with Gasteiger partial charge in [0, 0.05) is 0 Å². The lowest BCUT2D eigenvalue weighted by atomic mass is 10.0. The molecule has 2 nitrogen and oxygen atoms in total. The summed E-state index contributed by atoms with van der Waals surface area (Å²) in [6.07, 6.45) is 4.23. The first-order valence-electron chi connectivity index (χ1n) is 10.8. The van der Waals surface area contributed by atoms with Crippen LogP contribution >= 0.6 is 0 Å². The van der Waals surface area contributed by atoms with Gasteiger partial charge in [0.1, 0.15) is 0 Å². The molecule has 146 valence electrons. The van der Waals surface area contributed by atoms with Gasteiger partial charge in [0.25, 0.3) is 0 Å². The molecule has 0 aliphatic carbocycles. The zero-order valence-corrected chi connectivity index (χ0v) is 17.0. The minimum Gasteiger partial charge on any atom is -0.248 e. The van der Waals surface area contributed by atoms with E-state index in [4.69, 9.17) is 0 Å². The zero-order valence-electron chi connectivity index (χ0n) is 17.0. The number of hydrogen-bond donors (Lipinski definition) is 0. The predicted octanol–water partition coefficient (Wildman–Crippen LogP) is 6.78. The summed E-state index contributed by atoms with van der Waals surface area (Å²) in [5.41, 5.74) is 10.7. The second-order valence-corrected chi connectivity index (χ2v) is 8.14. The molecule has 0 aromatic heterocycles. The van der Waals surface area contributed by atoms with Crippen molar-refractivity contribution in [3.05, 3.63) is 119 Å². The first-order chi connectivity index (χ1) is 14.9. The molecule has 2 aliphatic rings. The molecule has 4 aromatic carbocycles. The number of hydrogen-bond acceptors (Lipinski definition) is 2. The smallest absolute Gasteiger partial charge is 0.0669 e. The van der Waals surface area contributed by atoms with Crippen LogP contribution in [0.5, 0.6) is 0 Å². The van der Waals surface area contributed by atoms with Gasteiger partial charge in [-0.15, -0.1) is 0 Å². The number of benzene rings is 4. The predicted molar refractivity (Wildman–Crippen MR) is 125 cm³/mol. The van der Waals surface area contributed by atoms with Crippen molar-refractivity contribution in [1.29, 1.82) is 0 Å². The second-order valence-electron chi connectivity index (χ2n) is 8.14. The van der Waals surface area contributed by atoms with Gasteiger partial charge in [0.05, 0.1) is 22.7 Å². The van der Waals surface area contributed by atoms with Crippen LogP contribution in [0.25, 0.3) is 0 Å². The Hall–Kier alpha value is -3.52. The van der Waals surface area contributed by atoms with Crippen molar-refractivity contribution in [2.24, 2.45) is 0 Å². The molecule has 0 fully saturated rings. The van der Waals surface area contributed by atoms with Crippen molar-refractivity contribution in [2.45, 2.75) is 25.7 Å². The molecule has 0 spiro atoms. The summed E-state index contributed by atoms with van der Waals surface area (Å²) < 4.78 is 0. The van der Waals surface area contributed by atoms with Crippen LogP contribution in [0.3, 0.4) is 0 Å². The molecule has 0 radical (unpaired) electrons. The monoisotopic (exact) mass is 388 g/mol. The fourth-order valence-electron chi connectivity index (χ4n) is 4.94. The first kappa shape index (κ1) is 17.3. The average molecular weight is 389 g/mol. The quantitative estimate of drug-likeness (QED) is 0.355. The topological polar surface area (TPSA) is 6.48 Å². The third-order valence-electron chi connectivity index (χ3n) is 6.41. The number of nitrogens with zero attached hydrogens (tertiary/aromatic N) is 2. The van der Waals surface area contributed by atoms with Crippen LogP contribution in [0.2, 0.25) is 0 Å². The maximum Gasteiger partial charge on any atom is 0.0669 e. The third kappa shape index (κ3) is 2.72. The molecule has 30 heavy (non-hydrogen) atoms. The number of rotatable bonds is 1. The Kier molecular flexibility index (Phi) is 4.09. The number of hydrazine groups is 1. The van der Waals surface area contributed by atoms with Gasteiger partial charge in [-0.1, -0.05) is 72.8 Å². The van der Waals surface area contributed by atoms with Crippen LogP contribution in [0.1, 0.15) is 22.3 Å². The van der Waals surface area contributed by atoms with E-state index in [2.05, 4.69) is 107 Å². The van der Waals surface area contributed by atoms with Crippen molar-refractivity contribution in [2.75, 3.05) is 10.0 Å². The molecule has 6 rings (SSSR count). The molecular formula is C28H24N2. The SMILES string of the molecule is c1ccc2c(c1)CCc1ccccc1N2N1c2ccccc2CCc2ccccc21. The van der Waals surface area contributed by atoms with Crippen LogP contribution in [0.15, 0.2) is 97.1 Å². The lowest BCUT2D eigenvalue weighted by Gasteiger charge is -2.40. The molecule has 2 heterocycles. The van der Waals surface area contributed by atoms with Gasteiger partial charge < -0.3 is 0 Å². The molecular weight excluding hydrogens is 364 g/mol. The minimum atomic E-state index is 1.06. The van der Waals surface area contributed by atoms with Crippen molar-refractivity contribution >= 4 is 22.7 Å². The van der Waals surface area contributed by atoms with Crippen LogP contribution in [0, 0.1) is 0 Å². The van der Waals surface area contributed by atoms with Crippen molar-refractivity contribution < 1.29 is 0 Å². The molecule has 2 heteroatoms. The van der Waals surface area contributed by atoms with Gasteiger partial charge in [-0.25, -0.2) is 10.0 Å². The molecule has 0 unspecified atom stereocenters. The normalized spacial score (nSPS) is 14.7. The van der Waals surface area contributed by atoms with Gasteiger partial charge in [0.15, 0.2) is 0 Å². The van der Waals surface area contributed by atoms with E-state index in [0.717, 1.165) is 25.7 Å². The molecule has 0 saturated carbocycles. The Morgan fingerprint density at radius 2 is 0.567 bits per heavy atom. The first-order valence-corrected chi connectivity index (χ1v) is 10.8. The number of fused-ring (bicyclic) bond motifs is 4. The largest absolute Gasteiger partial charge is 0.248 e. The Morgan fingerprint density at radius 3 is 0.833 bits per heavy atom. The van der Waals surface area contributed by atoms with E-state index in [-0.39, 0.29) is 0 Å².